The van der Waals surface area contributed by atoms with Crippen LogP contribution in [0.4, 0.5) is 5.69 Å². The van der Waals surface area contributed by atoms with Crippen molar-refractivity contribution in [1.82, 2.24) is 14.7 Å². The maximum atomic E-state index is 12.9. The Labute approximate surface area is 164 Å². The van der Waals surface area contributed by atoms with Crippen LogP contribution in [0, 0.1) is 19.8 Å². The smallest absolute Gasteiger partial charge is 0.285 e. The lowest BCUT2D eigenvalue weighted by atomic mass is 9.96. The Hall–Kier alpha value is -2.68. The fourth-order valence-electron chi connectivity index (χ4n) is 3.88. The first-order chi connectivity index (χ1) is 13.3. The van der Waals surface area contributed by atoms with Gasteiger partial charge >= 0.3 is 0 Å². The number of carbonyl (C=O) groups is 1. The zero-order valence-electron chi connectivity index (χ0n) is 16.1. The number of benzene rings is 1. The molecule has 0 bridgehead atoms. The summed E-state index contributed by atoms with van der Waals surface area (Å²) in [5.41, 5.74) is 3.04. The Morgan fingerprint density at radius 3 is 2.71 bits per heavy atom. The van der Waals surface area contributed by atoms with Crippen LogP contribution >= 0.6 is 0 Å². The second-order valence-corrected chi connectivity index (χ2v) is 8.90. The van der Waals surface area contributed by atoms with Gasteiger partial charge in [0, 0.05) is 25.7 Å². The van der Waals surface area contributed by atoms with Gasteiger partial charge in [0.15, 0.2) is 5.84 Å². The largest absolute Gasteiger partial charge is 0.355 e. The molecule has 1 N–H and O–H groups in total. The van der Waals surface area contributed by atoms with Gasteiger partial charge in [-0.15, -0.1) is 4.40 Å². The number of hydrogen-bond acceptors (Lipinski definition) is 5. The highest BCUT2D eigenvalue weighted by atomic mass is 32.2. The van der Waals surface area contributed by atoms with Crippen molar-refractivity contribution in [2.24, 2.45) is 17.4 Å². The minimum absolute atomic E-state index is 0.0707. The number of hydrogen-bond donors (Lipinski definition) is 1. The number of aromatic nitrogens is 2. The van der Waals surface area contributed by atoms with E-state index < -0.39 is 10.0 Å². The summed E-state index contributed by atoms with van der Waals surface area (Å²) in [5, 5.41) is 7.34. The van der Waals surface area contributed by atoms with Crippen LogP contribution in [0.15, 0.2) is 33.6 Å². The standard InChI is InChI=1S/C19H23N5O3S/c1-12-17(13(2)23(3)21-12)20-19(25)14-7-6-10-24(11-14)18-15-8-4-5-9-16(15)28(26,27)22-18/h4-5,8-9,14H,6-7,10-11H2,1-3H3,(H,20,25)/t14-/m1/s1. The molecule has 4 rings (SSSR count). The van der Waals surface area contributed by atoms with E-state index in [4.69, 9.17) is 0 Å². The van der Waals surface area contributed by atoms with Gasteiger partial charge in [0.2, 0.25) is 5.91 Å². The first-order valence-corrected chi connectivity index (χ1v) is 10.7. The number of piperidine rings is 1. The van der Waals surface area contributed by atoms with Crippen LogP contribution in [0.1, 0.15) is 29.8 Å². The summed E-state index contributed by atoms with van der Waals surface area (Å²) in [6.45, 7) is 4.90. The normalized spacial score (nSPS) is 20.6. The van der Waals surface area contributed by atoms with Crippen LogP contribution in [0.5, 0.6) is 0 Å². The number of sulfonamides is 1. The summed E-state index contributed by atoms with van der Waals surface area (Å²) in [6.07, 6.45) is 1.55. The van der Waals surface area contributed by atoms with E-state index in [-0.39, 0.29) is 16.7 Å². The molecule has 1 amide bonds. The van der Waals surface area contributed by atoms with E-state index in [0.29, 0.717) is 24.5 Å². The number of nitrogens with zero attached hydrogens (tertiary/aromatic N) is 4. The molecule has 2 aliphatic rings. The van der Waals surface area contributed by atoms with Gasteiger partial charge in [-0.05, 0) is 38.8 Å². The Morgan fingerprint density at radius 1 is 1.25 bits per heavy atom. The predicted octanol–water partition coefficient (Wildman–Crippen LogP) is 1.84. The molecule has 1 aromatic heterocycles. The summed E-state index contributed by atoms with van der Waals surface area (Å²) in [6, 6.07) is 6.84. The minimum Gasteiger partial charge on any atom is -0.355 e. The number of aryl methyl sites for hydroxylation is 2. The van der Waals surface area contributed by atoms with Gasteiger partial charge in [-0.25, -0.2) is 0 Å². The Kier molecular flexibility index (Phi) is 4.49. The molecule has 0 unspecified atom stereocenters. The number of amidine groups is 1. The third kappa shape index (κ3) is 3.09. The molecule has 28 heavy (non-hydrogen) atoms. The van der Waals surface area contributed by atoms with Crippen molar-refractivity contribution in [3.8, 4) is 0 Å². The number of rotatable bonds is 2. The second-order valence-electron chi connectivity index (χ2n) is 7.33. The first-order valence-electron chi connectivity index (χ1n) is 9.28. The van der Waals surface area contributed by atoms with Crippen LogP contribution in [0.2, 0.25) is 0 Å². The Bertz CT molecular complexity index is 1090. The minimum atomic E-state index is -3.66. The molecular formula is C19H23N5O3S. The highest BCUT2D eigenvalue weighted by molar-refractivity contribution is 7.90. The number of fused-ring (bicyclic) bond motifs is 1. The quantitative estimate of drug-likeness (QED) is 0.828. The van der Waals surface area contributed by atoms with Gasteiger partial charge in [-0.1, -0.05) is 12.1 Å². The molecule has 0 saturated carbocycles. The average molecular weight is 401 g/mol. The molecule has 0 spiro atoms. The van der Waals surface area contributed by atoms with Crippen molar-refractivity contribution in [3.05, 3.63) is 41.2 Å². The van der Waals surface area contributed by atoms with Crippen LogP contribution < -0.4 is 5.32 Å². The van der Waals surface area contributed by atoms with Crippen molar-refractivity contribution in [2.45, 2.75) is 31.6 Å². The predicted molar refractivity (Wildman–Crippen MR) is 106 cm³/mol. The summed E-state index contributed by atoms with van der Waals surface area (Å²) < 4.78 is 30.4. The third-order valence-electron chi connectivity index (χ3n) is 5.46. The van der Waals surface area contributed by atoms with E-state index in [1.807, 2.05) is 25.8 Å². The maximum Gasteiger partial charge on any atom is 0.285 e. The highest BCUT2D eigenvalue weighted by Crippen LogP contribution is 2.30. The van der Waals surface area contributed by atoms with Crippen molar-refractivity contribution in [3.63, 3.8) is 0 Å². The lowest BCUT2D eigenvalue weighted by Crippen LogP contribution is -2.43. The Balaban J connectivity index is 1.55. The molecule has 8 nitrogen and oxygen atoms in total. The molecule has 1 fully saturated rings. The van der Waals surface area contributed by atoms with E-state index in [0.717, 1.165) is 29.9 Å². The SMILES string of the molecule is Cc1nn(C)c(C)c1NC(=O)[C@@H]1CCCN(C2=NS(=O)(=O)c3ccccc32)C1. The molecule has 2 aromatic rings. The second kappa shape index (κ2) is 6.73. The molecule has 0 radical (unpaired) electrons. The summed E-state index contributed by atoms with van der Waals surface area (Å²) in [4.78, 5) is 15.0. The van der Waals surface area contributed by atoms with Crippen LogP contribution in [0.3, 0.4) is 0 Å². The van der Waals surface area contributed by atoms with E-state index in [2.05, 4.69) is 14.8 Å². The number of carbonyl (C=O) groups excluding carboxylic acids is 1. The third-order valence-corrected chi connectivity index (χ3v) is 6.79. The zero-order valence-corrected chi connectivity index (χ0v) is 17.0. The van der Waals surface area contributed by atoms with Gasteiger partial charge in [0.05, 0.1) is 23.0 Å². The summed E-state index contributed by atoms with van der Waals surface area (Å²) in [5.74, 6) is 0.131. The molecule has 3 heterocycles. The lowest BCUT2D eigenvalue weighted by molar-refractivity contribution is -0.121. The van der Waals surface area contributed by atoms with E-state index >= 15 is 0 Å². The van der Waals surface area contributed by atoms with Crippen molar-refractivity contribution in [2.75, 3.05) is 18.4 Å². The topological polar surface area (TPSA) is 96.7 Å². The van der Waals surface area contributed by atoms with Crippen LogP contribution in [-0.4, -0.2) is 47.9 Å². The fraction of sp³-hybridized carbons (Fsp3) is 0.421. The number of likely N-dealkylation sites (tertiary alicyclic amines) is 1. The van der Waals surface area contributed by atoms with E-state index in [1.165, 1.54) is 0 Å². The molecule has 2 aliphatic heterocycles. The van der Waals surface area contributed by atoms with Gasteiger partial charge in [0.25, 0.3) is 10.0 Å². The van der Waals surface area contributed by atoms with Crippen molar-refractivity contribution in [1.29, 1.82) is 0 Å². The molecular weight excluding hydrogens is 378 g/mol. The zero-order chi connectivity index (χ0) is 20.1. The molecule has 1 aromatic carbocycles. The maximum absolute atomic E-state index is 12.9. The van der Waals surface area contributed by atoms with E-state index in [1.54, 1.807) is 28.9 Å². The molecule has 0 aliphatic carbocycles. The molecule has 1 saturated heterocycles. The molecule has 1 atom stereocenters. The van der Waals surface area contributed by atoms with Crippen LogP contribution in [-0.2, 0) is 21.9 Å². The summed E-state index contributed by atoms with van der Waals surface area (Å²) >= 11 is 0. The van der Waals surface area contributed by atoms with Crippen molar-refractivity contribution < 1.29 is 13.2 Å². The van der Waals surface area contributed by atoms with E-state index in [9.17, 15) is 13.2 Å². The van der Waals surface area contributed by atoms with Gasteiger partial charge in [-0.2, -0.15) is 13.5 Å². The number of amides is 1. The number of anilines is 1. The van der Waals surface area contributed by atoms with Crippen LogP contribution in [0.25, 0.3) is 0 Å². The Morgan fingerprint density at radius 2 is 2.00 bits per heavy atom. The monoisotopic (exact) mass is 401 g/mol. The van der Waals surface area contributed by atoms with Gasteiger partial charge in [0.1, 0.15) is 4.90 Å². The lowest BCUT2D eigenvalue weighted by Gasteiger charge is -2.33. The van der Waals surface area contributed by atoms with Gasteiger partial charge in [-0.3, -0.25) is 9.48 Å². The average Bonchev–Trinajstić information content (AvgIpc) is 3.09. The fourth-order valence-corrected chi connectivity index (χ4v) is 5.11. The molecule has 148 valence electrons. The number of nitrogens with one attached hydrogen (secondary N) is 1. The first kappa shape index (κ1) is 18.7. The highest BCUT2D eigenvalue weighted by Gasteiger charge is 2.35. The van der Waals surface area contributed by atoms with Gasteiger partial charge < -0.3 is 10.2 Å². The summed E-state index contributed by atoms with van der Waals surface area (Å²) in [7, 11) is -1.82. The molecule has 9 heteroatoms. The van der Waals surface area contributed by atoms with Crippen molar-refractivity contribution >= 4 is 27.5 Å².